The van der Waals surface area contributed by atoms with Gasteiger partial charge < -0.3 is 9.47 Å². The summed E-state index contributed by atoms with van der Waals surface area (Å²) in [5, 5.41) is 1.11. The molecule has 0 bridgehead atoms. The van der Waals surface area contributed by atoms with E-state index in [0.29, 0.717) is 6.61 Å². The third-order valence-electron chi connectivity index (χ3n) is 4.76. The number of carbonyl (C=O) groups is 1. The average Bonchev–Trinajstić information content (AvgIpc) is 2.68. The lowest BCUT2D eigenvalue weighted by Gasteiger charge is -2.32. The van der Waals surface area contributed by atoms with Gasteiger partial charge in [-0.3, -0.25) is 0 Å². The third-order valence-corrected chi connectivity index (χ3v) is 8.08. The van der Waals surface area contributed by atoms with Crippen LogP contribution in [0.25, 0.3) is 0 Å². The zero-order valence-electron chi connectivity index (χ0n) is 16.8. The molecular weight excluding hydrogens is 352 g/mol. The van der Waals surface area contributed by atoms with E-state index in [4.69, 9.17) is 9.47 Å². The molecule has 1 unspecified atom stereocenters. The summed E-state index contributed by atoms with van der Waals surface area (Å²) in [4.78, 5) is 12.1. The molecule has 144 valence electrons. The van der Waals surface area contributed by atoms with E-state index in [9.17, 15) is 4.79 Å². The van der Waals surface area contributed by atoms with Crippen LogP contribution in [0, 0.1) is 0 Å². The van der Waals surface area contributed by atoms with Crippen molar-refractivity contribution < 1.29 is 14.3 Å². The van der Waals surface area contributed by atoms with Crippen LogP contribution in [0.1, 0.15) is 24.5 Å². The predicted octanol–water partition coefficient (Wildman–Crippen LogP) is 5.11. The SMILES string of the molecule is CCC(OCc1ccccc1)/C(=C/C(=O)OC)[Si](C)(C)Cc1ccccc1. The summed E-state index contributed by atoms with van der Waals surface area (Å²) in [6.45, 7) is 7.23. The Morgan fingerprint density at radius 2 is 1.56 bits per heavy atom. The smallest absolute Gasteiger partial charge is 0.330 e. The normalized spacial score (nSPS) is 13.3. The Morgan fingerprint density at radius 3 is 2.07 bits per heavy atom. The number of hydrogen-bond donors (Lipinski definition) is 0. The van der Waals surface area contributed by atoms with Crippen LogP contribution < -0.4 is 0 Å². The van der Waals surface area contributed by atoms with E-state index < -0.39 is 8.07 Å². The van der Waals surface area contributed by atoms with E-state index in [2.05, 4.69) is 56.4 Å². The Balaban J connectivity index is 2.25. The molecular formula is C23H30O3Si. The highest BCUT2D eigenvalue weighted by Crippen LogP contribution is 2.27. The standard InChI is InChI=1S/C23H30O3Si/c1-5-21(26-17-19-12-8-6-9-13-19)22(16-23(24)25-2)27(3,4)18-20-14-10-7-11-15-20/h6-16,21H,5,17-18H2,1-4H3/b22-16-. The maximum atomic E-state index is 12.1. The van der Waals surface area contributed by atoms with Gasteiger partial charge in [-0.25, -0.2) is 4.79 Å². The highest BCUT2D eigenvalue weighted by Gasteiger charge is 2.32. The summed E-state index contributed by atoms with van der Waals surface area (Å²) in [7, 11) is -0.515. The molecule has 0 radical (unpaired) electrons. The summed E-state index contributed by atoms with van der Waals surface area (Å²) < 4.78 is 11.2. The first-order valence-electron chi connectivity index (χ1n) is 9.45. The number of methoxy groups -OCH3 is 1. The highest BCUT2D eigenvalue weighted by atomic mass is 28.3. The van der Waals surface area contributed by atoms with E-state index in [1.807, 2.05) is 24.3 Å². The van der Waals surface area contributed by atoms with Gasteiger partial charge in [-0.2, -0.15) is 0 Å². The van der Waals surface area contributed by atoms with Crippen molar-refractivity contribution in [1.29, 1.82) is 0 Å². The molecule has 2 aromatic carbocycles. The van der Waals surface area contributed by atoms with Crippen LogP contribution in [-0.2, 0) is 26.9 Å². The number of rotatable bonds is 9. The van der Waals surface area contributed by atoms with Gasteiger partial charge in [0, 0.05) is 6.08 Å². The Hall–Kier alpha value is -2.17. The zero-order chi connectivity index (χ0) is 19.7. The van der Waals surface area contributed by atoms with Crippen molar-refractivity contribution in [3.05, 3.63) is 83.1 Å². The molecule has 4 heteroatoms. The minimum absolute atomic E-state index is 0.0883. The monoisotopic (exact) mass is 382 g/mol. The Labute approximate surface area is 164 Å². The quantitative estimate of drug-likeness (QED) is 0.343. The van der Waals surface area contributed by atoms with Crippen LogP contribution >= 0.6 is 0 Å². The first-order chi connectivity index (χ1) is 13.0. The van der Waals surface area contributed by atoms with Crippen LogP contribution in [0.2, 0.25) is 13.1 Å². The van der Waals surface area contributed by atoms with E-state index in [1.54, 1.807) is 6.08 Å². The van der Waals surface area contributed by atoms with Crippen LogP contribution in [0.5, 0.6) is 0 Å². The molecule has 0 N–H and O–H groups in total. The lowest BCUT2D eigenvalue weighted by atomic mass is 10.2. The van der Waals surface area contributed by atoms with Gasteiger partial charge in [0.1, 0.15) is 0 Å². The fourth-order valence-electron chi connectivity index (χ4n) is 3.32. The number of carbonyl (C=O) groups excluding carboxylic acids is 1. The molecule has 0 amide bonds. The molecule has 2 rings (SSSR count). The lowest BCUT2D eigenvalue weighted by molar-refractivity contribution is -0.134. The summed E-state index contributed by atoms with van der Waals surface area (Å²) in [6, 6.07) is 21.6. The van der Waals surface area contributed by atoms with Crippen molar-refractivity contribution >= 4 is 14.0 Å². The van der Waals surface area contributed by atoms with Crippen molar-refractivity contribution in [2.75, 3.05) is 7.11 Å². The Morgan fingerprint density at radius 1 is 1.00 bits per heavy atom. The minimum Gasteiger partial charge on any atom is -0.466 e. The van der Waals surface area contributed by atoms with Crippen LogP contribution in [0.3, 0.4) is 0 Å². The predicted molar refractivity (Wildman–Crippen MR) is 113 cm³/mol. The van der Waals surface area contributed by atoms with Gasteiger partial charge in [-0.15, -0.1) is 0 Å². The molecule has 2 aromatic rings. The largest absolute Gasteiger partial charge is 0.466 e. The van der Waals surface area contributed by atoms with Gasteiger partial charge in [0.2, 0.25) is 0 Å². The molecule has 3 nitrogen and oxygen atoms in total. The molecule has 0 saturated heterocycles. The second-order valence-electron chi connectivity index (χ2n) is 7.36. The van der Waals surface area contributed by atoms with Crippen molar-refractivity contribution in [3.63, 3.8) is 0 Å². The molecule has 0 aliphatic rings. The van der Waals surface area contributed by atoms with Crippen LogP contribution in [0.4, 0.5) is 0 Å². The molecule has 0 spiro atoms. The molecule has 0 saturated carbocycles. The van der Waals surface area contributed by atoms with Gasteiger partial charge in [-0.05, 0) is 23.2 Å². The van der Waals surface area contributed by atoms with E-state index >= 15 is 0 Å². The molecule has 27 heavy (non-hydrogen) atoms. The molecule has 0 heterocycles. The maximum Gasteiger partial charge on any atom is 0.330 e. The van der Waals surface area contributed by atoms with E-state index in [0.717, 1.165) is 23.2 Å². The third kappa shape index (κ3) is 6.49. The molecule has 0 fully saturated rings. The minimum atomic E-state index is -1.94. The topological polar surface area (TPSA) is 35.5 Å². The Kier molecular flexibility index (Phi) is 8.01. The second-order valence-corrected chi connectivity index (χ2v) is 12.1. The maximum absolute atomic E-state index is 12.1. The first-order valence-corrected chi connectivity index (χ1v) is 12.7. The zero-order valence-corrected chi connectivity index (χ0v) is 17.8. The summed E-state index contributed by atoms with van der Waals surface area (Å²) in [5.74, 6) is -0.305. The van der Waals surface area contributed by atoms with E-state index in [-0.39, 0.29) is 12.1 Å². The number of esters is 1. The fraction of sp³-hybridized carbons (Fsp3) is 0.348. The fourth-order valence-corrected chi connectivity index (χ4v) is 6.44. The number of benzene rings is 2. The second kappa shape index (κ2) is 10.2. The summed E-state index contributed by atoms with van der Waals surface area (Å²) in [5.41, 5.74) is 2.43. The Bertz CT molecular complexity index is 739. The summed E-state index contributed by atoms with van der Waals surface area (Å²) >= 11 is 0. The van der Waals surface area contributed by atoms with Gasteiger partial charge in [-0.1, -0.05) is 86.2 Å². The van der Waals surface area contributed by atoms with Gasteiger partial charge >= 0.3 is 5.97 Å². The van der Waals surface area contributed by atoms with Gasteiger partial charge in [0.25, 0.3) is 0 Å². The average molecular weight is 383 g/mol. The molecule has 0 aliphatic heterocycles. The molecule has 0 aliphatic carbocycles. The van der Waals surface area contributed by atoms with Gasteiger partial charge in [0.15, 0.2) is 0 Å². The number of ether oxygens (including phenoxy) is 2. The lowest BCUT2D eigenvalue weighted by Crippen LogP contribution is -2.40. The van der Waals surface area contributed by atoms with Crippen molar-refractivity contribution in [1.82, 2.24) is 0 Å². The van der Waals surface area contributed by atoms with Crippen LogP contribution in [0.15, 0.2) is 71.9 Å². The van der Waals surface area contributed by atoms with Crippen molar-refractivity contribution in [3.8, 4) is 0 Å². The van der Waals surface area contributed by atoms with Crippen LogP contribution in [-0.4, -0.2) is 27.3 Å². The number of hydrogen-bond acceptors (Lipinski definition) is 3. The molecule has 0 aromatic heterocycles. The van der Waals surface area contributed by atoms with Crippen molar-refractivity contribution in [2.24, 2.45) is 0 Å². The van der Waals surface area contributed by atoms with Crippen molar-refractivity contribution in [2.45, 2.75) is 45.2 Å². The van der Waals surface area contributed by atoms with E-state index in [1.165, 1.54) is 12.7 Å². The summed E-state index contributed by atoms with van der Waals surface area (Å²) in [6.07, 6.45) is 2.41. The first kappa shape index (κ1) is 21.1. The highest BCUT2D eigenvalue weighted by molar-refractivity contribution is 6.84. The molecule has 1 atom stereocenters. The van der Waals surface area contributed by atoms with Gasteiger partial charge in [0.05, 0.1) is 27.9 Å².